The molecule has 1 aliphatic rings. The number of carbonyl (C=O) groups excluding carboxylic acids is 1. The Labute approximate surface area is 130 Å². The molecule has 0 N–H and O–H groups in total. The molecule has 0 saturated heterocycles. The Kier molecular flexibility index (Phi) is 3.96. The molecule has 0 aromatic heterocycles. The second-order valence-electron chi connectivity index (χ2n) is 5.41. The Morgan fingerprint density at radius 3 is 2.68 bits per heavy atom. The SMILES string of the molecule is C=CCC1C(=O)N(Cc2ccccc2)c2cc(OC)ccc21. The van der Waals surface area contributed by atoms with Crippen molar-refractivity contribution < 1.29 is 9.53 Å². The largest absolute Gasteiger partial charge is 0.497 e. The molecule has 1 unspecified atom stereocenters. The van der Waals surface area contributed by atoms with Crippen LogP contribution in [0.5, 0.6) is 5.75 Å². The molecule has 2 aromatic carbocycles. The van der Waals surface area contributed by atoms with Crippen LogP contribution in [-0.4, -0.2) is 13.0 Å². The van der Waals surface area contributed by atoms with Crippen LogP contribution in [0, 0.1) is 0 Å². The van der Waals surface area contributed by atoms with Gasteiger partial charge in [0, 0.05) is 6.07 Å². The van der Waals surface area contributed by atoms with Crippen LogP contribution in [0.15, 0.2) is 61.2 Å². The van der Waals surface area contributed by atoms with Crippen LogP contribution < -0.4 is 9.64 Å². The number of hydrogen-bond donors (Lipinski definition) is 0. The zero-order chi connectivity index (χ0) is 15.5. The number of benzene rings is 2. The number of rotatable bonds is 5. The first-order chi connectivity index (χ1) is 10.7. The summed E-state index contributed by atoms with van der Waals surface area (Å²) < 4.78 is 5.31. The maximum Gasteiger partial charge on any atom is 0.235 e. The minimum atomic E-state index is -0.137. The van der Waals surface area contributed by atoms with E-state index in [1.54, 1.807) is 7.11 Å². The lowest BCUT2D eigenvalue weighted by Crippen LogP contribution is -2.28. The van der Waals surface area contributed by atoms with Crippen LogP contribution in [0.25, 0.3) is 0 Å². The zero-order valence-electron chi connectivity index (χ0n) is 12.7. The molecule has 0 radical (unpaired) electrons. The first-order valence-electron chi connectivity index (χ1n) is 7.38. The van der Waals surface area contributed by atoms with Gasteiger partial charge in [0.1, 0.15) is 5.75 Å². The highest BCUT2D eigenvalue weighted by atomic mass is 16.5. The molecular weight excluding hydrogens is 274 g/mol. The molecule has 0 spiro atoms. The van der Waals surface area contributed by atoms with Crippen LogP contribution in [0.2, 0.25) is 0 Å². The van der Waals surface area contributed by atoms with Crippen molar-refractivity contribution in [2.45, 2.75) is 18.9 Å². The lowest BCUT2D eigenvalue weighted by molar-refractivity contribution is -0.119. The third-order valence-electron chi connectivity index (χ3n) is 4.05. The molecule has 3 nitrogen and oxygen atoms in total. The Hall–Kier alpha value is -2.55. The summed E-state index contributed by atoms with van der Waals surface area (Å²) in [4.78, 5) is 14.6. The number of amides is 1. The molecular formula is C19H19NO2. The number of nitrogens with zero attached hydrogens (tertiary/aromatic N) is 1. The molecule has 0 bridgehead atoms. The van der Waals surface area contributed by atoms with Gasteiger partial charge in [-0.25, -0.2) is 0 Å². The van der Waals surface area contributed by atoms with Crippen molar-refractivity contribution in [2.75, 3.05) is 12.0 Å². The van der Waals surface area contributed by atoms with E-state index >= 15 is 0 Å². The third kappa shape index (κ3) is 2.50. The first kappa shape index (κ1) is 14.4. The predicted molar refractivity (Wildman–Crippen MR) is 88.2 cm³/mol. The molecule has 3 heteroatoms. The number of hydrogen-bond acceptors (Lipinski definition) is 2. The molecule has 1 heterocycles. The molecule has 112 valence electrons. The summed E-state index contributed by atoms with van der Waals surface area (Å²) in [6, 6.07) is 15.9. The van der Waals surface area contributed by atoms with E-state index in [2.05, 4.69) is 6.58 Å². The van der Waals surface area contributed by atoms with E-state index in [9.17, 15) is 4.79 Å². The van der Waals surface area contributed by atoms with Crippen molar-refractivity contribution >= 4 is 11.6 Å². The maximum absolute atomic E-state index is 12.8. The van der Waals surface area contributed by atoms with Gasteiger partial charge in [-0.05, 0) is 23.6 Å². The summed E-state index contributed by atoms with van der Waals surface area (Å²) in [5, 5.41) is 0. The Balaban J connectivity index is 2.00. The fourth-order valence-electron chi connectivity index (χ4n) is 2.94. The van der Waals surface area contributed by atoms with Crippen molar-refractivity contribution in [1.29, 1.82) is 0 Å². The van der Waals surface area contributed by atoms with Gasteiger partial charge in [-0.1, -0.05) is 42.5 Å². The Bertz CT molecular complexity index is 694. The second kappa shape index (κ2) is 6.06. The Morgan fingerprint density at radius 1 is 1.23 bits per heavy atom. The zero-order valence-corrected chi connectivity index (χ0v) is 12.7. The van der Waals surface area contributed by atoms with Crippen LogP contribution in [0.3, 0.4) is 0 Å². The lowest BCUT2D eigenvalue weighted by atomic mass is 9.97. The minimum absolute atomic E-state index is 0.131. The molecule has 0 saturated carbocycles. The number of methoxy groups -OCH3 is 1. The summed E-state index contributed by atoms with van der Waals surface area (Å²) in [6.07, 6.45) is 2.46. The standard InChI is InChI=1S/C19H19NO2/c1-3-7-17-16-11-10-15(22-2)12-18(16)20(19(17)21)13-14-8-5-4-6-9-14/h3-6,8-12,17H,1,7,13H2,2H3. The van der Waals surface area contributed by atoms with E-state index in [1.807, 2.05) is 59.5 Å². The van der Waals surface area contributed by atoms with E-state index < -0.39 is 0 Å². The number of ether oxygens (including phenoxy) is 1. The van der Waals surface area contributed by atoms with Crippen LogP contribution in [-0.2, 0) is 11.3 Å². The first-order valence-corrected chi connectivity index (χ1v) is 7.38. The number of allylic oxidation sites excluding steroid dienone is 1. The smallest absolute Gasteiger partial charge is 0.235 e. The average molecular weight is 293 g/mol. The minimum Gasteiger partial charge on any atom is -0.497 e. The third-order valence-corrected chi connectivity index (χ3v) is 4.05. The summed E-state index contributed by atoms with van der Waals surface area (Å²) in [5.41, 5.74) is 3.12. The van der Waals surface area contributed by atoms with Crippen molar-refractivity contribution in [3.8, 4) is 5.75 Å². The van der Waals surface area contributed by atoms with Crippen molar-refractivity contribution in [3.63, 3.8) is 0 Å². The molecule has 1 aliphatic heterocycles. The van der Waals surface area contributed by atoms with E-state index in [0.29, 0.717) is 13.0 Å². The van der Waals surface area contributed by atoms with Gasteiger partial charge in [-0.2, -0.15) is 0 Å². The van der Waals surface area contributed by atoms with Gasteiger partial charge in [0.25, 0.3) is 0 Å². The van der Waals surface area contributed by atoms with Crippen molar-refractivity contribution in [2.24, 2.45) is 0 Å². The summed E-state index contributed by atoms with van der Waals surface area (Å²) in [5.74, 6) is 0.762. The fraction of sp³-hybridized carbons (Fsp3) is 0.211. The molecule has 0 fully saturated rings. The van der Waals surface area contributed by atoms with Crippen molar-refractivity contribution in [1.82, 2.24) is 0 Å². The van der Waals surface area contributed by atoms with Gasteiger partial charge < -0.3 is 9.64 Å². The van der Waals surface area contributed by atoms with Crippen LogP contribution in [0.1, 0.15) is 23.5 Å². The number of carbonyl (C=O) groups is 1. The topological polar surface area (TPSA) is 29.5 Å². The normalized spacial score (nSPS) is 16.5. The number of fused-ring (bicyclic) bond motifs is 1. The summed E-state index contributed by atoms with van der Waals surface area (Å²) in [7, 11) is 1.64. The highest BCUT2D eigenvalue weighted by Gasteiger charge is 2.36. The van der Waals surface area contributed by atoms with Crippen molar-refractivity contribution in [3.05, 3.63) is 72.3 Å². The van der Waals surface area contributed by atoms with E-state index in [-0.39, 0.29) is 11.8 Å². The molecule has 3 rings (SSSR count). The predicted octanol–water partition coefficient (Wildman–Crippen LogP) is 3.90. The van der Waals surface area contributed by atoms with E-state index in [1.165, 1.54) is 0 Å². The van der Waals surface area contributed by atoms with Gasteiger partial charge in [0.05, 0.1) is 25.3 Å². The highest BCUT2D eigenvalue weighted by Crippen LogP contribution is 2.42. The maximum atomic E-state index is 12.8. The molecule has 1 atom stereocenters. The molecule has 0 aliphatic carbocycles. The summed E-state index contributed by atoms with van der Waals surface area (Å²) >= 11 is 0. The molecule has 1 amide bonds. The fourth-order valence-corrected chi connectivity index (χ4v) is 2.94. The van der Waals surface area contributed by atoms with Gasteiger partial charge >= 0.3 is 0 Å². The Morgan fingerprint density at radius 2 is 2.00 bits per heavy atom. The van der Waals surface area contributed by atoms with Gasteiger partial charge in [0.15, 0.2) is 0 Å². The molecule has 22 heavy (non-hydrogen) atoms. The quantitative estimate of drug-likeness (QED) is 0.782. The number of anilines is 1. The highest BCUT2D eigenvalue weighted by molar-refractivity contribution is 6.05. The van der Waals surface area contributed by atoms with Gasteiger partial charge in [0.2, 0.25) is 5.91 Å². The van der Waals surface area contributed by atoms with Gasteiger partial charge in [-0.15, -0.1) is 6.58 Å². The van der Waals surface area contributed by atoms with Crippen LogP contribution in [0.4, 0.5) is 5.69 Å². The monoisotopic (exact) mass is 293 g/mol. The summed E-state index contributed by atoms with van der Waals surface area (Å²) in [6.45, 7) is 4.36. The van der Waals surface area contributed by atoms with Gasteiger partial charge in [-0.3, -0.25) is 4.79 Å². The van der Waals surface area contributed by atoms with E-state index in [0.717, 1.165) is 22.6 Å². The average Bonchev–Trinajstić information content (AvgIpc) is 2.81. The van der Waals surface area contributed by atoms with Crippen LogP contribution >= 0.6 is 0 Å². The lowest BCUT2D eigenvalue weighted by Gasteiger charge is -2.18. The van der Waals surface area contributed by atoms with E-state index in [4.69, 9.17) is 4.74 Å². The molecule has 2 aromatic rings. The second-order valence-corrected chi connectivity index (χ2v) is 5.41.